The summed E-state index contributed by atoms with van der Waals surface area (Å²) in [6, 6.07) is 16.9. The fourth-order valence-electron chi connectivity index (χ4n) is 2.55. The third-order valence-electron chi connectivity index (χ3n) is 3.90. The molecule has 1 aromatic heterocycles. The van der Waals surface area contributed by atoms with Gasteiger partial charge in [0, 0.05) is 16.3 Å². The molecule has 0 saturated heterocycles. The Labute approximate surface area is 155 Å². The number of hydrogen-bond donors (Lipinski definition) is 2. The van der Waals surface area contributed by atoms with Crippen LogP contribution in [0.2, 0.25) is 5.02 Å². The monoisotopic (exact) mass is 371 g/mol. The van der Waals surface area contributed by atoms with E-state index in [2.05, 4.69) is 5.10 Å². The van der Waals surface area contributed by atoms with E-state index in [1.165, 1.54) is 0 Å². The van der Waals surface area contributed by atoms with E-state index in [1.807, 2.05) is 49.4 Å². The number of carbonyl (C=O) groups is 1. The molecule has 1 heterocycles. The number of rotatable bonds is 6. The van der Waals surface area contributed by atoms with E-state index in [0.29, 0.717) is 23.9 Å². The fraction of sp³-hybridized carbons (Fsp3) is 0.158. The number of halogens is 1. The first-order valence-electron chi connectivity index (χ1n) is 8.01. The highest BCUT2D eigenvalue weighted by molar-refractivity contribution is 6.30. The first kappa shape index (κ1) is 18.0. The van der Waals surface area contributed by atoms with Gasteiger partial charge in [0.2, 0.25) is 0 Å². The molecule has 0 aliphatic carbocycles. The summed E-state index contributed by atoms with van der Waals surface area (Å²) in [5, 5.41) is 13.5. The van der Waals surface area contributed by atoms with Crippen LogP contribution in [0, 0.1) is 6.92 Å². The Bertz CT molecular complexity index is 910. The molecule has 0 atom stereocenters. The van der Waals surface area contributed by atoms with Gasteiger partial charge in [-0.05, 0) is 36.8 Å². The van der Waals surface area contributed by atoms with Gasteiger partial charge in [0.1, 0.15) is 12.4 Å². The third kappa shape index (κ3) is 4.22. The first-order valence-corrected chi connectivity index (χ1v) is 8.38. The number of nitrogens with one attached hydrogen (secondary N) is 1. The summed E-state index contributed by atoms with van der Waals surface area (Å²) in [6.45, 7) is 2.65. The van der Waals surface area contributed by atoms with Gasteiger partial charge in [0.15, 0.2) is 5.69 Å². The molecule has 3 rings (SSSR count). The minimum Gasteiger partial charge on any atom is -0.489 e. The maximum Gasteiger partial charge on any atom is 0.295 e. The Hall–Kier alpha value is -2.83. The molecule has 0 spiro atoms. The van der Waals surface area contributed by atoms with Crippen molar-refractivity contribution in [2.24, 2.45) is 0 Å². The Morgan fingerprint density at radius 2 is 2.00 bits per heavy atom. The number of hydrogen-bond acceptors (Lipinski definition) is 4. The van der Waals surface area contributed by atoms with Crippen LogP contribution in [0.3, 0.4) is 0 Å². The highest BCUT2D eigenvalue weighted by Gasteiger charge is 2.13. The third-order valence-corrected chi connectivity index (χ3v) is 4.13. The molecule has 0 aliphatic heterocycles. The number of nitrogens with zero attached hydrogens (tertiary/aromatic N) is 2. The van der Waals surface area contributed by atoms with Crippen LogP contribution in [0.15, 0.2) is 54.6 Å². The lowest BCUT2D eigenvalue weighted by Gasteiger charge is -2.13. The molecule has 7 heteroatoms. The Morgan fingerprint density at radius 1 is 1.23 bits per heavy atom. The topological polar surface area (TPSA) is 76.4 Å². The molecule has 0 aliphatic rings. The highest BCUT2D eigenvalue weighted by atomic mass is 35.5. The van der Waals surface area contributed by atoms with Crippen LogP contribution < -0.4 is 10.2 Å². The van der Waals surface area contributed by atoms with Crippen molar-refractivity contribution in [2.75, 3.05) is 0 Å². The maximum atomic E-state index is 11.5. The lowest BCUT2D eigenvalue weighted by Crippen LogP contribution is -2.19. The van der Waals surface area contributed by atoms with Crippen molar-refractivity contribution in [3.8, 4) is 5.75 Å². The van der Waals surface area contributed by atoms with Crippen LogP contribution in [0.1, 0.15) is 27.3 Å². The normalized spacial score (nSPS) is 10.6. The average molecular weight is 372 g/mol. The molecular weight excluding hydrogens is 354 g/mol. The zero-order valence-corrected chi connectivity index (χ0v) is 14.9. The van der Waals surface area contributed by atoms with E-state index in [4.69, 9.17) is 21.5 Å². The maximum absolute atomic E-state index is 11.5. The van der Waals surface area contributed by atoms with Crippen molar-refractivity contribution >= 4 is 17.5 Å². The second-order valence-corrected chi connectivity index (χ2v) is 6.23. The van der Waals surface area contributed by atoms with Crippen LogP contribution in [0.25, 0.3) is 0 Å². The molecule has 26 heavy (non-hydrogen) atoms. The van der Waals surface area contributed by atoms with Gasteiger partial charge >= 0.3 is 0 Å². The van der Waals surface area contributed by atoms with Crippen molar-refractivity contribution < 1.29 is 14.7 Å². The minimum atomic E-state index is -0.654. The van der Waals surface area contributed by atoms with Gasteiger partial charge < -0.3 is 4.74 Å². The van der Waals surface area contributed by atoms with Gasteiger partial charge in [-0.2, -0.15) is 5.10 Å². The average Bonchev–Trinajstić information content (AvgIpc) is 3.02. The molecule has 0 unspecified atom stereocenters. The molecule has 0 saturated carbocycles. The van der Waals surface area contributed by atoms with Crippen LogP contribution in [-0.2, 0) is 13.2 Å². The summed E-state index contributed by atoms with van der Waals surface area (Å²) in [5.74, 6) is 0.0415. The molecule has 2 aromatic carbocycles. The zero-order valence-electron chi connectivity index (χ0n) is 14.1. The molecular formula is C19H18ClN3O3. The summed E-state index contributed by atoms with van der Waals surface area (Å²) in [6.07, 6.45) is 0. The van der Waals surface area contributed by atoms with Gasteiger partial charge in [-0.1, -0.05) is 41.9 Å². The zero-order chi connectivity index (χ0) is 18.5. The van der Waals surface area contributed by atoms with E-state index in [9.17, 15) is 4.79 Å². The van der Waals surface area contributed by atoms with E-state index in [0.717, 1.165) is 16.8 Å². The fourth-order valence-corrected chi connectivity index (χ4v) is 2.74. The summed E-state index contributed by atoms with van der Waals surface area (Å²) >= 11 is 6.14. The van der Waals surface area contributed by atoms with Crippen molar-refractivity contribution in [2.45, 2.75) is 20.1 Å². The quantitative estimate of drug-likeness (QED) is 0.513. The second-order valence-electron chi connectivity index (χ2n) is 5.80. The molecule has 0 bridgehead atoms. The first-order chi connectivity index (χ1) is 12.6. The molecule has 0 radical (unpaired) electrons. The van der Waals surface area contributed by atoms with Gasteiger partial charge in [-0.25, -0.2) is 5.48 Å². The number of aromatic nitrogens is 2. The van der Waals surface area contributed by atoms with Crippen LogP contribution in [0.5, 0.6) is 5.75 Å². The van der Waals surface area contributed by atoms with E-state index in [-0.39, 0.29) is 5.69 Å². The van der Waals surface area contributed by atoms with Crippen molar-refractivity contribution in [3.05, 3.63) is 82.1 Å². The molecule has 1 amide bonds. The van der Waals surface area contributed by atoms with Crippen LogP contribution in [0.4, 0.5) is 0 Å². The van der Waals surface area contributed by atoms with Crippen LogP contribution >= 0.6 is 11.6 Å². The largest absolute Gasteiger partial charge is 0.489 e. The van der Waals surface area contributed by atoms with Gasteiger partial charge in [-0.15, -0.1) is 0 Å². The van der Waals surface area contributed by atoms with Gasteiger partial charge in [-0.3, -0.25) is 14.7 Å². The Balaban J connectivity index is 1.82. The molecule has 2 N–H and O–H groups in total. The highest BCUT2D eigenvalue weighted by Crippen LogP contribution is 2.25. The molecule has 6 nitrogen and oxygen atoms in total. The summed E-state index contributed by atoms with van der Waals surface area (Å²) < 4.78 is 7.61. The molecule has 3 aromatic rings. The van der Waals surface area contributed by atoms with E-state index >= 15 is 0 Å². The second kappa shape index (κ2) is 8.03. The number of benzene rings is 2. The number of amides is 1. The minimum absolute atomic E-state index is 0.138. The smallest absolute Gasteiger partial charge is 0.295 e. The number of hydroxylamine groups is 1. The number of carbonyl (C=O) groups excluding carboxylic acids is 1. The van der Waals surface area contributed by atoms with Crippen molar-refractivity contribution in [1.82, 2.24) is 15.3 Å². The summed E-state index contributed by atoms with van der Waals surface area (Å²) in [5.41, 5.74) is 4.40. The lowest BCUT2D eigenvalue weighted by atomic mass is 10.2. The summed E-state index contributed by atoms with van der Waals surface area (Å²) in [4.78, 5) is 11.5. The standard InChI is InChI=1S/C19H18ClN3O3/c1-13-9-17(19(24)22-25)21-23(13)11-15-10-16(20)7-8-18(15)26-12-14-5-3-2-4-6-14/h2-10,25H,11-12H2,1H3,(H,22,24). The van der Waals surface area contributed by atoms with Crippen molar-refractivity contribution in [1.29, 1.82) is 0 Å². The lowest BCUT2D eigenvalue weighted by molar-refractivity contribution is 0.0700. The SMILES string of the molecule is Cc1cc(C(=O)NO)nn1Cc1cc(Cl)ccc1OCc1ccccc1. The molecule has 0 fully saturated rings. The van der Waals surface area contributed by atoms with E-state index in [1.54, 1.807) is 22.3 Å². The van der Waals surface area contributed by atoms with E-state index < -0.39 is 5.91 Å². The summed E-state index contributed by atoms with van der Waals surface area (Å²) in [7, 11) is 0. The Morgan fingerprint density at radius 3 is 2.73 bits per heavy atom. The van der Waals surface area contributed by atoms with Gasteiger partial charge in [0.25, 0.3) is 5.91 Å². The number of ether oxygens (including phenoxy) is 1. The van der Waals surface area contributed by atoms with Crippen LogP contribution in [-0.4, -0.2) is 20.9 Å². The Kier molecular flexibility index (Phi) is 5.55. The molecule has 134 valence electrons. The van der Waals surface area contributed by atoms with Gasteiger partial charge in [0.05, 0.1) is 6.54 Å². The number of aryl methyl sites for hydroxylation is 1. The predicted molar refractivity (Wildman–Crippen MR) is 97.5 cm³/mol. The predicted octanol–water partition coefficient (Wildman–Crippen LogP) is 3.59. The van der Waals surface area contributed by atoms with Crippen molar-refractivity contribution in [3.63, 3.8) is 0 Å².